The van der Waals surface area contributed by atoms with Crippen molar-refractivity contribution in [2.45, 2.75) is 51.0 Å². The van der Waals surface area contributed by atoms with Crippen molar-refractivity contribution in [2.24, 2.45) is 5.92 Å². The number of anilines is 2. The van der Waals surface area contributed by atoms with E-state index in [9.17, 15) is 24.9 Å². The maximum Gasteiger partial charge on any atom is 0.264 e. The van der Waals surface area contributed by atoms with Gasteiger partial charge in [-0.05, 0) is 42.7 Å². The Balaban J connectivity index is 1.33. The fourth-order valence-electron chi connectivity index (χ4n) is 5.48. The monoisotopic (exact) mass is 595 g/mol. The lowest BCUT2D eigenvalue weighted by Crippen LogP contribution is -2.44. The van der Waals surface area contributed by atoms with E-state index in [1.54, 1.807) is 34.7 Å². The molecule has 0 radical (unpaired) electrons. The van der Waals surface area contributed by atoms with Crippen LogP contribution in [0.3, 0.4) is 0 Å². The van der Waals surface area contributed by atoms with Gasteiger partial charge in [0.2, 0.25) is 0 Å². The zero-order chi connectivity index (χ0) is 31.3. The minimum absolute atomic E-state index is 0.0834. The number of aliphatic hydroxyl groups excluding tert-OH is 2. The number of fused-ring (bicyclic) bond motifs is 1. The molecule has 2 amide bonds. The van der Waals surface area contributed by atoms with Crippen molar-refractivity contribution >= 4 is 23.2 Å². The summed E-state index contributed by atoms with van der Waals surface area (Å²) in [6, 6.07) is 24.2. The van der Waals surface area contributed by atoms with Crippen molar-refractivity contribution in [1.82, 2.24) is 15.0 Å². The highest BCUT2D eigenvalue weighted by Gasteiger charge is 2.52. The molecule has 1 aromatic heterocycles. The van der Waals surface area contributed by atoms with Gasteiger partial charge in [-0.15, -0.1) is 5.10 Å². The van der Waals surface area contributed by atoms with E-state index in [0.29, 0.717) is 35.6 Å². The summed E-state index contributed by atoms with van der Waals surface area (Å²) >= 11 is 0. The summed E-state index contributed by atoms with van der Waals surface area (Å²) in [5, 5.41) is 42.8. The van der Waals surface area contributed by atoms with Crippen LogP contribution >= 0.6 is 0 Å². The van der Waals surface area contributed by atoms with Crippen LogP contribution in [0.5, 0.6) is 0 Å². The molecule has 0 saturated carbocycles. The largest absolute Gasteiger partial charge is 0.395 e. The summed E-state index contributed by atoms with van der Waals surface area (Å²) in [6.45, 7) is 3.86. The standard InChI is InChI=1S/C34H37N5O5/c1-23(11-9-10-18-38-21-30(36-37-38)28(22-40)26-14-7-4-8-15-26)34(44)29-19-27(35-32(42)24(2)41)16-17-31(29)39(33(34)43)20-25-12-5-3-6-13-25/h3-9,11-17,19,21,23-24,28,40-41,44H,10,18,20,22H2,1-2H3,(H,35,42)/b11-9+/t23-,24-,28?,34+/m0/s1. The molecular weight excluding hydrogens is 558 g/mol. The number of nitrogens with one attached hydrogen (secondary N) is 1. The van der Waals surface area contributed by atoms with Crippen molar-refractivity contribution < 1.29 is 24.9 Å². The molecule has 10 heteroatoms. The van der Waals surface area contributed by atoms with E-state index in [-0.39, 0.29) is 19.1 Å². The number of allylic oxidation sites excluding steroid dienone is 1. The van der Waals surface area contributed by atoms with E-state index in [2.05, 4.69) is 15.6 Å². The Morgan fingerprint density at radius 2 is 1.75 bits per heavy atom. The summed E-state index contributed by atoms with van der Waals surface area (Å²) in [7, 11) is 0. The van der Waals surface area contributed by atoms with E-state index in [4.69, 9.17) is 0 Å². The smallest absolute Gasteiger partial charge is 0.264 e. The average molecular weight is 596 g/mol. The highest BCUT2D eigenvalue weighted by Crippen LogP contribution is 2.47. The van der Waals surface area contributed by atoms with Crippen molar-refractivity contribution in [3.05, 3.63) is 120 Å². The Kier molecular flexibility index (Phi) is 9.34. The number of aliphatic hydroxyl groups is 3. The summed E-state index contributed by atoms with van der Waals surface area (Å²) in [5.74, 6) is -1.92. The van der Waals surface area contributed by atoms with Crippen LogP contribution in [0.2, 0.25) is 0 Å². The number of benzene rings is 3. The molecule has 1 unspecified atom stereocenters. The predicted molar refractivity (Wildman–Crippen MR) is 167 cm³/mol. The molecule has 5 rings (SSSR count). The van der Waals surface area contributed by atoms with E-state index in [1.807, 2.05) is 79.0 Å². The number of hydrogen-bond acceptors (Lipinski definition) is 7. The molecule has 0 bridgehead atoms. The summed E-state index contributed by atoms with van der Waals surface area (Å²) in [6.07, 6.45) is 4.88. The number of hydrogen-bond donors (Lipinski definition) is 4. The fourth-order valence-corrected chi connectivity index (χ4v) is 5.48. The first-order chi connectivity index (χ1) is 21.2. The van der Waals surface area contributed by atoms with Crippen LogP contribution in [-0.2, 0) is 28.3 Å². The lowest BCUT2D eigenvalue weighted by Gasteiger charge is -2.28. The number of carbonyl (C=O) groups is 2. The van der Waals surface area contributed by atoms with Crippen LogP contribution in [0.15, 0.2) is 97.2 Å². The predicted octanol–water partition coefficient (Wildman–Crippen LogP) is 3.74. The second-order valence-electron chi connectivity index (χ2n) is 11.1. The Morgan fingerprint density at radius 3 is 2.43 bits per heavy atom. The molecule has 0 saturated heterocycles. The van der Waals surface area contributed by atoms with Crippen LogP contribution in [0.25, 0.3) is 0 Å². The van der Waals surface area contributed by atoms with Crippen LogP contribution in [0, 0.1) is 5.92 Å². The van der Waals surface area contributed by atoms with Crippen LogP contribution in [-0.4, -0.2) is 54.8 Å². The van der Waals surface area contributed by atoms with Gasteiger partial charge in [-0.2, -0.15) is 0 Å². The second kappa shape index (κ2) is 13.3. The molecule has 0 aliphatic carbocycles. The zero-order valence-electron chi connectivity index (χ0n) is 24.7. The summed E-state index contributed by atoms with van der Waals surface area (Å²) < 4.78 is 1.71. The number of amides is 2. The normalized spacial score (nSPS) is 18.3. The lowest BCUT2D eigenvalue weighted by molar-refractivity contribution is -0.139. The molecular formula is C34H37N5O5. The minimum Gasteiger partial charge on any atom is -0.395 e. The van der Waals surface area contributed by atoms with Crippen molar-refractivity contribution in [3.63, 3.8) is 0 Å². The third-order valence-electron chi connectivity index (χ3n) is 8.01. The van der Waals surface area contributed by atoms with Crippen molar-refractivity contribution in [1.29, 1.82) is 0 Å². The van der Waals surface area contributed by atoms with Gasteiger partial charge in [0.1, 0.15) is 6.10 Å². The fraction of sp³-hybridized carbons (Fsp3) is 0.294. The van der Waals surface area contributed by atoms with E-state index >= 15 is 0 Å². The SMILES string of the molecule is C[C@H](O)C(=O)Nc1ccc2c(c1)[C@](O)([C@@H](C)/C=C/CCn1cc(C(CO)c3ccccc3)nn1)C(=O)N2Cc1ccccc1. The number of rotatable bonds is 12. The first-order valence-electron chi connectivity index (χ1n) is 14.7. The van der Waals surface area contributed by atoms with Crippen molar-refractivity contribution in [3.8, 4) is 0 Å². The van der Waals surface area contributed by atoms with Gasteiger partial charge in [-0.3, -0.25) is 14.3 Å². The molecule has 4 aromatic rings. The molecule has 44 heavy (non-hydrogen) atoms. The van der Waals surface area contributed by atoms with Crippen LogP contribution in [0.4, 0.5) is 11.4 Å². The first kappa shape index (κ1) is 30.8. The van der Waals surface area contributed by atoms with Gasteiger partial charge < -0.3 is 25.5 Å². The van der Waals surface area contributed by atoms with Gasteiger partial charge in [-0.25, -0.2) is 0 Å². The first-order valence-corrected chi connectivity index (χ1v) is 14.7. The highest BCUT2D eigenvalue weighted by atomic mass is 16.3. The molecule has 0 spiro atoms. The molecule has 1 aliphatic heterocycles. The Labute approximate surface area is 256 Å². The Morgan fingerprint density at radius 1 is 1.05 bits per heavy atom. The van der Waals surface area contributed by atoms with Gasteiger partial charge in [0, 0.05) is 29.9 Å². The van der Waals surface area contributed by atoms with Gasteiger partial charge in [0.25, 0.3) is 11.8 Å². The molecule has 0 fully saturated rings. The highest BCUT2D eigenvalue weighted by molar-refractivity contribution is 6.08. The van der Waals surface area contributed by atoms with Crippen molar-refractivity contribution in [2.75, 3.05) is 16.8 Å². The molecule has 4 atom stereocenters. The maximum absolute atomic E-state index is 13.9. The second-order valence-corrected chi connectivity index (χ2v) is 11.1. The van der Waals surface area contributed by atoms with Gasteiger partial charge in [0.05, 0.1) is 30.5 Å². The van der Waals surface area contributed by atoms with E-state index in [0.717, 1.165) is 11.1 Å². The Hall–Kier alpha value is -4.64. The minimum atomic E-state index is -1.88. The molecule has 1 aliphatic rings. The van der Waals surface area contributed by atoms with Gasteiger partial charge in [-0.1, -0.05) is 85.0 Å². The topological polar surface area (TPSA) is 141 Å². The summed E-state index contributed by atoms with van der Waals surface area (Å²) in [4.78, 5) is 27.6. The third kappa shape index (κ3) is 6.33. The van der Waals surface area contributed by atoms with Gasteiger partial charge >= 0.3 is 0 Å². The molecule has 10 nitrogen and oxygen atoms in total. The Bertz CT molecular complexity index is 1620. The molecule has 3 aromatic carbocycles. The molecule has 228 valence electrons. The van der Waals surface area contributed by atoms with E-state index in [1.165, 1.54) is 6.92 Å². The molecule has 4 N–H and O–H groups in total. The van der Waals surface area contributed by atoms with E-state index < -0.39 is 29.4 Å². The average Bonchev–Trinajstić information content (AvgIpc) is 3.58. The number of nitrogens with zero attached hydrogens (tertiary/aromatic N) is 4. The zero-order valence-corrected chi connectivity index (χ0v) is 24.7. The number of carbonyl (C=O) groups excluding carboxylic acids is 2. The molecule has 2 heterocycles. The maximum atomic E-state index is 13.9. The van der Waals surface area contributed by atoms with Crippen LogP contribution < -0.4 is 10.2 Å². The quantitative estimate of drug-likeness (QED) is 0.183. The number of aromatic nitrogens is 3. The lowest BCUT2D eigenvalue weighted by atomic mass is 9.82. The number of aryl methyl sites for hydroxylation is 1. The van der Waals surface area contributed by atoms with Crippen LogP contribution in [0.1, 0.15) is 48.6 Å². The summed E-state index contributed by atoms with van der Waals surface area (Å²) in [5.41, 5.74) is 1.98. The third-order valence-corrected chi connectivity index (χ3v) is 8.01. The van der Waals surface area contributed by atoms with Gasteiger partial charge in [0.15, 0.2) is 5.60 Å².